The highest BCUT2D eigenvalue weighted by atomic mass is 16.2. The fraction of sp³-hybridized carbons (Fsp3) is 0.375. The number of aldehydes is 1. The largest absolute Gasteiger partial charge is 0.878 e. The van der Waals surface area contributed by atoms with Crippen LogP contribution in [0.5, 0.6) is 0 Å². The van der Waals surface area contributed by atoms with E-state index in [1.807, 2.05) is 6.92 Å². The second-order valence-corrected chi connectivity index (χ2v) is 2.11. The van der Waals surface area contributed by atoms with E-state index >= 15 is 0 Å². The number of rotatable bonds is 4. The molecule has 0 aliphatic rings. The van der Waals surface area contributed by atoms with Gasteiger partial charge in [0.2, 0.25) is 0 Å². The maximum absolute atomic E-state index is 9.90. The molecule has 0 aromatic rings. The summed E-state index contributed by atoms with van der Waals surface area (Å²) in [6, 6.07) is 0. The Bertz CT molecular complexity index is 136. The van der Waals surface area contributed by atoms with E-state index in [2.05, 4.69) is 0 Å². The number of carbonyl (C=O) groups is 1. The Hall–Kier alpha value is -1.05. The summed E-state index contributed by atoms with van der Waals surface area (Å²) in [6.45, 7) is 1.92. The van der Waals surface area contributed by atoms with Gasteiger partial charge in [-0.15, -0.1) is 0 Å². The lowest BCUT2D eigenvalue weighted by Crippen LogP contribution is -1.91. The molecule has 0 aliphatic heterocycles. The predicted molar refractivity (Wildman–Crippen MR) is 38.1 cm³/mol. The molecular formula is C8H11O2-. The maximum atomic E-state index is 9.90. The average Bonchev–Trinajstić information content (AvgIpc) is 1.89. The van der Waals surface area contributed by atoms with Gasteiger partial charge in [0.05, 0.1) is 0 Å². The lowest BCUT2D eigenvalue weighted by molar-refractivity contribution is -0.275. The van der Waals surface area contributed by atoms with Crippen LogP contribution in [0.2, 0.25) is 0 Å². The van der Waals surface area contributed by atoms with Crippen LogP contribution in [0.3, 0.4) is 0 Å². The lowest BCUT2D eigenvalue weighted by Gasteiger charge is -2.00. The van der Waals surface area contributed by atoms with Crippen LogP contribution in [0.25, 0.3) is 0 Å². The van der Waals surface area contributed by atoms with Crippen LogP contribution >= 0.6 is 0 Å². The van der Waals surface area contributed by atoms with Crippen molar-refractivity contribution in [3.05, 3.63) is 24.5 Å². The lowest BCUT2D eigenvalue weighted by atomic mass is 10.1. The summed E-state index contributed by atoms with van der Waals surface area (Å²) in [6.07, 6.45) is 7.01. The Labute approximate surface area is 60.9 Å². The van der Waals surface area contributed by atoms with Gasteiger partial charge in [0.1, 0.15) is 6.29 Å². The standard InChI is InChI=1S/C8H12O2/c1-8(5-7-10)4-2-3-6-9/h2-3,5-8,10H,4H2,1H3/p-1/b3-2-,7-5+. The average molecular weight is 139 g/mol. The third-order valence-electron chi connectivity index (χ3n) is 1.13. The number of carbonyl (C=O) groups excluding carboxylic acids is 1. The number of hydrogen-bond donors (Lipinski definition) is 0. The molecule has 0 aromatic heterocycles. The smallest absolute Gasteiger partial charge is 0.142 e. The zero-order chi connectivity index (χ0) is 7.82. The molecule has 0 radical (unpaired) electrons. The van der Waals surface area contributed by atoms with Crippen molar-refractivity contribution >= 4 is 6.29 Å². The first-order chi connectivity index (χ1) is 4.81. The molecule has 56 valence electrons. The van der Waals surface area contributed by atoms with E-state index in [4.69, 9.17) is 0 Å². The van der Waals surface area contributed by atoms with Gasteiger partial charge in [0.25, 0.3) is 0 Å². The van der Waals surface area contributed by atoms with Gasteiger partial charge in [0.15, 0.2) is 0 Å². The zero-order valence-electron chi connectivity index (χ0n) is 5.99. The highest BCUT2D eigenvalue weighted by molar-refractivity contribution is 5.64. The Morgan fingerprint density at radius 1 is 1.60 bits per heavy atom. The molecular weight excluding hydrogens is 128 g/mol. The number of hydrogen-bond acceptors (Lipinski definition) is 2. The first kappa shape index (κ1) is 8.95. The molecule has 0 saturated carbocycles. The fourth-order valence-corrected chi connectivity index (χ4v) is 0.561. The SMILES string of the molecule is CC(/C=C/[O-])C/C=C\C=O. The van der Waals surface area contributed by atoms with Gasteiger partial charge in [0, 0.05) is 0 Å². The van der Waals surface area contributed by atoms with Crippen LogP contribution in [0, 0.1) is 5.92 Å². The molecule has 0 aromatic carbocycles. The molecule has 0 heterocycles. The second-order valence-electron chi connectivity index (χ2n) is 2.11. The van der Waals surface area contributed by atoms with Crippen LogP contribution in [0.4, 0.5) is 0 Å². The molecule has 1 atom stereocenters. The number of allylic oxidation sites excluding steroid dienone is 3. The zero-order valence-corrected chi connectivity index (χ0v) is 5.99. The minimum absolute atomic E-state index is 0.230. The van der Waals surface area contributed by atoms with E-state index in [1.165, 1.54) is 6.08 Å². The molecule has 0 amide bonds. The van der Waals surface area contributed by atoms with E-state index in [1.54, 1.807) is 12.2 Å². The predicted octanol–water partition coefficient (Wildman–Crippen LogP) is 0.642. The fourth-order valence-electron chi connectivity index (χ4n) is 0.561. The Morgan fingerprint density at radius 2 is 2.30 bits per heavy atom. The van der Waals surface area contributed by atoms with Crippen molar-refractivity contribution in [3.63, 3.8) is 0 Å². The van der Waals surface area contributed by atoms with Crippen molar-refractivity contribution in [2.75, 3.05) is 0 Å². The van der Waals surface area contributed by atoms with Gasteiger partial charge in [-0.1, -0.05) is 19.1 Å². The van der Waals surface area contributed by atoms with Crippen molar-refractivity contribution in [2.24, 2.45) is 5.92 Å². The third-order valence-corrected chi connectivity index (χ3v) is 1.13. The molecule has 2 nitrogen and oxygen atoms in total. The Balaban J connectivity index is 3.47. The summed E-state index contributed by atoms with van der Waals surface area (Å²) in [5.74, 6) is 0.230. The summed E-state index contributed by atoms with van der Waals surface area (Å²) in [5, 5.41) is 9.90. The molecule has 2 heteroatoms. The highest BCUT2D eigenvalue weighted by Crippen LogP contribution is 2.02. The molecule has 0 aliphatic carbocycles. The van der Waals surface area contributed by atoms with Gasteiger partial charge in [-0.3, -0.25) is 4.79 Å². The van der Waals surface area contributed by atoms with Crippen molar-refractivity contribution in [2.45, 2.75) is 13.3 Å². The van der Waals surface area contributed by atoms with Crippen molar-refractivity contribution in [1.29, 1.82) is 0 Å². The van der Waals surface area contributed by atoms with Gasteiger partial charge in [-0.05, 0) is 18.4 Å². The third kappa shape index (κ3) is 5.09. The van der Waals surface area contributed by atoms with Crippen LogP contribution in [-0.2, 0) is 4.79 Å². The van der Waals surface area contributed by atoms with Gasteiger partial charge < -0.3 is 5.11 Å². The molecule has 0 bridgehead atoms. The van der Waals surface area contributed by atoms with Crippen LogP contribution in [-0.4, -0.2) is 6.29 Å². The van der Waals surface area contributed by atoms with E-state index in [0.717, 1.165) is 19.0 Å². The summed E-state index contributed by atoms with van der Waals surface area (Å²) in [7, 11) is 0. The highest BCUT2D eigenvalue weighted by Gasteiger charge is 1.88. The molecule has 0 spiro atoms. The van der Waals surface area contributed by atoms with E-state index in [-0.39, 0.29) is 5.92 Å². The van der Waals surface area contributed by atoms with Crippen molar-refractivity contribution in [3.8, 4) is 0 Å². The van der Waals surface area contributed by atoms with E-state index in [9.17, 15) is 9.90 Å². The first-order valence-electron chi connectivity index (χ1n) is 3.20. The Morgan fingerprint density at radius 3 is 2.80 bits per heavy atom. The van der Waals surface area contributed by atoms with Crippen LogP contribution in [0.15, 0.2) is 24.5 Å². The first-order valence-corrected chi connectivity index (χ1v) is 3.20. The summed E-state index contributed by atoms with van der Waals surface area (Å²) >= 11 is 0. The molecule has 0 fully saturated rings. The van der Waals surface area contributed by atoms with Crippen molar-refractivity contribution < 1.29 is 9.90 Å². The molecule has 0 saturated heterocycles. The summed E-state index contributed by atoms with van der Waals surface area (Å²) in [4.78, 5) is 9.78. The topological polar surface area (TPSA) is 40.1 Å². The maximum Gasteiger partial charge on any atom is 0.142 e. The monoisotopic (exact) mass is 139 g/mol. The van der Waals surface area contributed by atoms with Gasteiger partial charge >= 0.3 is 0 Å². The van der Waals surface area contributed by atoms with E-state index in [0.29, 0.717) is 0 Å². The molecule has 10 heavy (non-hydrogen) atoms. The Kier molecular flexibility index (Phi) is 5.44. The minimum Gasteiger partial charge on any atom is -0.878 e. The van der Waals surface area contributed by atoms with Crippen LogP contribution in [0.1, 0.15) is 13.3 Å². The normalized spacial score (nSPS) is 14.5. The van der Waals surface area contributed by atoms with Crippen molar-refractivity contribution in [1.82, 2.24) is 0 Å². The summed E-state index contributed by atoms with van der Waals surface area (Å²) in [5.41, 5.74) is 0. The minimum atomic E-state index is 0.230. The molecule has 0 N–H and O–H groups in total. The van der Waals surface area contributed by atoms with Gasteiger partial charge in [-0.25, -0.2) is 0 Å². The van der Waals surface area contributed by atoms with Gasteiger partial charge in [-0.2, -0.15) is 6.26 Å². The van der Waals surface area contributed by atoms with E-state index < -0.39 is 0 Å². The quantitative estimate of drug-likeness (QED) is 0.326. The molecule has 1 unspecified atom stereocenters. The second kappa shape index (κ2) is 6.08. The summed E-state index contributed by atoms with van der Waals surface area (Å²) < 4.78 is 0. The molecule has 0 rings (SSSR count). The van der Waals surface area contributed by atoms with Crippen LogP contribution < -0.4 is 5.11 Å².